The number of fused-ring (bicyclic) bond motifs is 1. The molecule has 0 radical (unpaired) electrons. The molecule has 6 heteroatoms. The van der Waals surface area contributed by atoms with Crippen LogP contribution in [0.25, 0.3) is 5.69 Å². The molecule has 0 N–H and O–H groups in total. The molecule has 2 amide bonds. The number of hydrogen-bond acceptors (Lipinski definition) is 3. The van der Waals surface area contributed by atoms with Crippen LogP contribution >= 0.6 is 0 Å². The predicted octanol–water partition coefficient (Wildman–Crippen LogP) is 3.78. The zero-order valence-electron chi connectivity index (χ0n) is 19.3. The fourth-order valence-corrected chi connectivity index (χ4v) is 5.48. The molecule has 1 aliphatic carbocycles. The van der Waals surface area contributed by atoms with Gasteiger partial charge in [0.1, 0.15) is 0 Å². The summed E-state index contributed by atoms with van der Waals surface area (Å²) in [6.07, 6.45) is 6.70. The van der Waals surface area contributed by atoms with Gasteiger partial charge in [-0.05, 0) is 69.9 Å². The van der Waals surface area contributed by atoms with Gasteiger partial charge in [0.25, 0.3) is 5.91 Å². The molecule has 0 unspecified atom stereocenters. The highest BCUT2D eigenvalue weighted by molar-refractivity contribution is 5.94. The molecule has 3 heterocycles. The number of nitrogens with zero attached hydrogens (tertiary/aromatic N) is 4. The van der Waals surface area contributed by atoms with Crippen molar-refractivity contribution in [1.82, 2.24) is 19.6 Å². The highest BCUT2D eigenvalue weighted by Gasteiger charge is 2.34. The van der Waals surface area contributed by atoms with E-state index in [1.54, 1.807) is 0 Å². The van der Waals surface area contributed by atoms with Crippen molar-refractivity contribution in [2.75, 3.05) is 26.2 Å². The van der Waals surface area contributed by atoms with E-state index in [9.17, 15) is 9.59 Å². The second kappa shape index (κ2) is 8.72. The van der Waals surface area contributed by atoms with Gasteiger partial charge in [-0.25, -0.2) is 4.68 Å². The quantitative estimate of drug-likeness (QED) is 0.739. The van der Waals surface area contributed by atoms with Gasteiger partial charge in [-0.1, -0.05) is 24.6 Å². The molecule has 2 fully saturated rings. The highest BCUT2D eigenvalue weighted by Crippen LogP contribution is 2.30. The third kappa shape index (κ3) is 3.96. The van der Waals surface area contributed by atoms with Crippen molar-refractivity contribution in [2.45, 2.75) is 58.8 Å². The molecule has 0 saturated carbocycles. The van der Waals surface area contributed by atoms with E-state index in [-0.39, 0.29) is 11.8 Å². The van der Waals surface area contributed by atoms with Crippen molar-refractivity contribution in [2.24, 2.45) is 11.8 Å². The average Bonchev–Trinajstić information content (AvgIpc) is 3.43. The molecule has 1 aromatic carbocycles. The van der Waals surface area contributed by atoms with Crippen molar-refractivity contribution in [1.29, 1.82) is 0 Å². The molecule has 0 atom stereocenters. The van der Waals surface area contributed by atoms with E-state index in [2.05, 4.69) is 43.0 Å². The van der Waals surface area contributed by atoms with Gasteiger partial charge in [-0.2, -0.15) is 5.10 Å². The minimum atomic E-state index is 0.0340. The second-order valence-corrected chi connectivity index (χ2v) is 9.95. The van der Waals surface area contributed by atoms with Crippen LogP contribution in [0.3, 0.4) is 0 Å². The van der Waals surface area contributed by atoms with Gasteiger partial charge in [-0.15, -0.1) is 0 Å². The molecule has 1 aromatic heterocycles. The normalized spacial score (nSPS) is 19.9. The van der Waals surface area contributed by atoms with E-state index in [1.807, 2.05) is 9.58 Å². The average molecular weight is 435 g/mol. The number of hydrogen-bond donors (Lipinski definition) is 0. The summed E-state index contributed by atoms with van der Waals surface area (Å²) in [4.78, 5) is 30.4. The third-order valence-corrected chi connectivity index (χ3v) is 7.64. The van der Waals surface area contributed by atoms with Crippen molar-refractivity contribution in [3.63, 3.8) is 0 Å². The smallest absolute Gasteiger partial charge is 0.274 e. The van der Waals surface area contributed by atoms with Crippen LogP contribution in [0.5, 0.6) is 0 Å². The standard InChI is InChI=1S/C26H34N4O2/c1-18-6-8-21(9-7-18)30-23-5-3-4-22(23)24(27-30)26(32)29-16-12-20(13-17-29)25(31)28-14-10-19(2)11-15-28/h6-9,19-20H,3-5,10-17H2,1-2H3. The first-order valence-electron chi connectivity index (χ1n) is 12.3. The molecule has 2 saturated heterocycles. The summed E-state index contributed by atoms with van der Waals surface area (Å²) >= 11 is 0. The number of aryl methyl sites for hydroxylation is 1. The number of amides is 2. The molecule has 2 aromatic rings. The maximum atomic E-state index is 13.4. The second-order valence-electron chi connectivity index (χ2n) is 9.95. The molecule has 0 spiro atoms. The van der Waals surface area contributed by atoms with Gasteiger partial charge in [0.05, 0.1) is 5.69 Å². The Morgan fingerprint density at radius 1 is 0.906 bits per heavy atom. The lowest BCUT2D eigenvalue weighted by Crippen LogP contribution is -2.46. The molecular formula is C26H34N4O2. The third-order valence-electron chi connectivity index (χ3n) is 7.64. The largest absolute Gasteiger partial charge is 0.342 e. The summed E-state index contributed by atoms with van der Waals surface area (Å²) in [6, 6.07) is 8.33. The number of likely N-dealkylation sites (tertiary alicyclic amines) is 2. The fraction of sp³-hybridized carbons (Fsp3) is 0.577. The first-order chi connectivity index (χ1) is 15.5. The van der Waals surface area contributed by atoms with Crippen LogP contribution < -0.4 is 0 Å². The summed E-state index contributed by atoms with van der Waals surface area (Å²) in [5.74, 6) is 1.11. The SMILES string of the molecule is Cc1ccc(-n2nc(C(=O)N3CCC(C(=O)N4CCC(C)CC4)CC3)c3c2CCC3)cc1. The Morgan fingerprint density at radius 3 is 2.25 bits per heavy atom. The van der Waals surface area contributed by atoms with Crippen molar-refractivity contribution in [3.8, 4) is 5.69 Å². The lowest BCUT2D eigenvalue weighted by molar-refractivity contribution is -0.138. The number of aromatic nitrogens is 2. The molecule has 0 bridgehead atoms. The van der Waals surface area contributed by atoms with E-state index in [4.69, 9.17) is 5.10 Å². The highest BCUT2D eigenvalue weighted by atomic mass is 16.2. The fourth-order valence-electron chi connectivity index (χ4n) is 5.48. The van der Waals surface area contributed by atoms with Gasteiger partial charge in [0.2, 0.25) is 5.91 Å². The monoisotopic (exact) mass is 434 g/mol. The number of piperidine rings is 2. The molecule has 170 valence electrons. The topological polar surface area (TPSA) is 58.4 Å². The summed E-state index contributed by atoms with van der Waals surface area (Å²) in [5.41, 5.74) is 5.16. The number of benzene rings is 1. The first kappa shape index (κ1) is 21.2. The predicted molar refractivity (Wildman–Crippen MR) is 124 cm³/mol. The van der Waals surface area contributed by atoms with Crippen LogP contribution in [0.2, 0.25) is 0 Å². The summed E-state index contributed by atoms with van der Waals surface area (Å²) in [7, 11) is 0. The van der Waals surface area contributed by atoms with Gasteiger partial charge in [-0.3, -0.25) is 9.59 Å². The van der Waals surface area contributed by atoms with Crippen LogP contribution in [0.4, 0.5) is 0 Å². The Hall–Kier alpha value is -2.63. The molecule has 6 nitrogen and oxygen atoms in total. The van der Waals surface area contributed by atoms with E-state index >= 15 is 0 Å². The maximum Gasteiger partial charge on any atom is 0.274 e. The number of carbonyl (C=O) groups excluding carboxylic acids is 2. The Labute approximate surface area is 190 Å². The van der Waals surface area contributed by atoms with E-state index in [1.165, 1.54) is 11.3 Å². The van der Waals surface area contributed by atoms with Crippen LogP contribution in [-0.2, 0) is 17.6 Å². The van der Waals surface area contributed by atoms with Crippen LogP contribution in [0.1, 0.15) is 66.3 Å². The Morgan fingerprint density at radius 2 is 1.56 bits per heavy atom. The molecule has 5 rings (SSSR count). The van der Waals surface area contributed by atoms with E-state index < -0.39 is 0 Å². The Balaban J connectivity index is 1.27. The zero-order valence-corrected chi connectivity index (χ0v) is 19.3. The summed E-state index contributed by atoms with van der Waals surface area (Å²) in [5, 5.41) is 4.79. The number of carbonyl (C=O) groups is 2. The van der Waals surface area contributed by atoms with Crippen LogP contribution in [0, 0.1) is 18.8 Å². The van der Waals surface area contributed by atoms with Crippen molar-refractivity contribution < 1.29 is 9.59 Å². The Kier molecular flexibility index (Phi) is 5.78. The maximum absolute atomic E-state index is 13.4. The van der Waals surface area contributed by atoms with Gasteiger partial charge in [0.15, 0.2) is 5.69 Å². The molecule has 32 heavy (non-hydrogen) atoms. The van der Waals surface area contributed by atoms with Crippen LogP contribution in [0.15, 0.2) is 24.3 Å². The lowest BCUT2D eigenvalue weighted by Gasteiger charge is -2.36. The molecule has 3 aliphatic rings. The molecular weight excluding hydrogens is 400 g/mol. The Bertz CT molecular complexity index is 994. The zero-order chi connectivity index (χ0) is 22.2. The summed E-state index contributed by atoms with van der Waals surface area (Å²) in [6.45, 7) is 7.41. The van der Waals surface area contributed by atoms with Crippen molar-refractivity contribution in [3.05, 3.63) is 46.8 Å². The van der Waals surface area contributed by atoms with E-state index in [0.29, 0.717) is 24.7 Å². The minimum Gasteiger partial charge on any atom is -0.342 e. The van der Waals surface area contributed by atoms with E-state index in [0.717, 1.165) is 75.2 Å². The molecule has 2 aliphatic heterocycles. The number of rotatable bonds is 3. The minimum absolute atomic E-state index is 0.0340. The van der Waals surface area contributed by atoms with Gasteiger partial charge >= 0.3 is 0 Å². The first-order valence-corrected chi connectivity index (χ1v) is 12.3. The van der Waals surface area contributed by atoms with Gasteiger partial charge in [0, 0.05) is 43.4 Å². The van der Waals surface area contributed by atoms with Crippen LogP contribution in [-0.4, -0.2) is 57.6 Å². The van der Waals surface area contributed by atoms with Crippen molar-refractivity contribution >= 4 is 11.8 Å². The van der Waals surface area contributed by atoms with Gasteiger partial charge < -0.3 is 9.80 Å². The summed E-state index contributed by atoms with van der Waals surface area (Å²) < 4.78 is 1.97. The lowest BCUT2D eigenvalue weighted by atomic mass is 9.92.